The topological polar surface area (TPSA) is 33.2 Å². The van der Waals surface area contributed by atoms with Crippen molar-refractivity contribution in [3.05, 3.63) is 16.1 Å². The van der Waals surface area contributed by atoms with Gasteiger partial charge in [0, 0.05) is 24.0 Å². The quantitative estimate of drug-likeness (QED) is 0.671. The maximum atomic E-state index is 11.3. The third kappa shape index (κ3) is 2.57. The van der Waals surface area contributed by atoms with E-state index in [0.29, 0.717) is 13.0 Å². The van der Waals surface area contributed by atoms with Crippen molar-refractivity contribution in [1.29, 1.82) is 0 Å². The Bertz CT molecular complexity index is 427. The van der Waals surface area contributed by atoms with Gasteiger partial charge < -0.3 is 4.90 Å². The SMILES string of the molecule is Cc1csc(C#CCN2CCCC2=O)n1. The fourth-order valence-electron chi connectivity index (χ4n) is 1.49. The lowest BCUT2D eigenvalue weighted by Gasteiger charge is -2.09. The first-order valence-corrected chi connectivity index (χ1v) is 5.82. The lowest BCUT2D eigenvalue weighted by atomic mass is 10.4. The first-order valence-electron chi connectivity index (χ1n) is 4.94. The van der Waals surface area contributed by atoms with Crippen molar-refractivity contribution < 1.29 is 4.79 Å². The lowest BCUT2D eigenvalue weighted by Crippen LogP contribution is -2.24. The van der Waals surface area contributed by atoms with Gasteiger partial charge >= 0.3 is 0 Å². The minimum atomic E-state index is 0.222. The number of aryl methyl sites for hydroxylation is 1. The van der Waals surface area contributed by atoms with Crippen LogP contribution in [-0.2, 0) is 4.79 Å². The highest BCUT2D eigenvalue weighted by Gasteiger charge is 2.18. The van der Waals surface area contributed by atoms with Gasteiger partial charge in [0.2, 0.25) is 5.91 Å². The molecule has 78 valence electrons. The molecule has 0 aliphatic carbocycles. The van der Waals surface area contributed by atoms with Crippen molar-refractivity contribution in [2.75, 3.05) is 13.1 Å². The summed E-state index contributed by atoms with van der Waals surface area (Å²) >= 11 is 1.54. The van der Waals surface area contributed by atoms with Gasteiger partial charge in [-0.25, -0.2) is 4.98 Å². The summed E-state index contributed by atoms with van der Waals surface area (Å²) in [7, 11) is 0. The molecule has 0 aromatic carbocycles. The van der Waals surface area contributed by atoms with Gasteiger partial charge in [-0.1, -0.05) is 5.92 Å². The molecule has 15 heavy (non-hydrogen) atoms. The predicted molar refractivity (Wildman–Crippen MR) is 59.5 cm³/mol. The molecule has 1 saturated heterocycles. The second kappa shape index (κ2) is 4.45. The third-order valence-electron chi connectivity index (χ3n) is 2.26. The largest absolute Gasteiger partial charge is 0.332 e. The molecule has 0 bridgehead atoms. The average Bonchev–Trinajstić information content (AvgIpc) is 2.77. The van der Waals surface area contributed by atoms with E-state index in [0.717, 1.165) is 23.7 Å². The Hall–Kier alpha value is -1.34. The number of likely N-dealkylation sites (tertiary alicyclic amines) is 1. The van der Waals surface area contributed by atoms with Crippen LogP contribution in [0.1, 0.15) is 23.5 Å². The Balaban J connectivity index is 1.92. The molecule has 0 saturated carbocycles. The van der Waals surface area contributed by atoms with Crippen LogP contribution in [-0.4, -0.2) is 28.9 Å². The van der Waals surface area contributed by atoms with E-state index in [1.807, 2.05) is 12.3 Å². The molecule has 0 radical (unpaired) electrons. The number of aromatic nitrogens is 1. The zero-order valence-corrected chi connectivity index (χ0v) is 9.43. The Labute approximate surface area is 93.1 Å². The highest BCUT2D eigenvalue weighted by Crippen LogP contribution is 2.09. The van der Waals surface area contributed by atoms with Crippen LogP contribution < -0.4 is 0 Å². The minimum Gasteiger partial charge on any atom is -0.332 e. The lowest BCUT2D eigenvalue weighted by molar-refractivity contribution is -0.127. The molecule has 3 nitrogen and oxygen atoms in total. The van der Waals surface area contributed by atoms with E-state index >= 15 is 0 Å². The molecule has 1 aromatic rings. The van der Waals surface area contributed by atoms with Crippen molar-refractivity contribution in [2.45, 2.75) is 19.8 Å². The van der Waals surface area contributed by atoms with Gasteiger partial charge in [-0.15, -0.1) is 11.3 Å². The molecule has 1 aliphatic heterocycles. The fourth-order valence-corrected chi connectivity index (χ4v) is 2.16. The van der Waals surface area contributed by atoms with E-state index in [1.165, 1.54) is 0 Å². The van der Waals surface area contributed by atoms with Crippen LogP contribution in [0.4, 0.5) is 0 Å². The molecule has 1 fully saturated rings. The van der Waals surface area contributed by atoms with Crippen LogP contribution in [0.15, 0.2) is 5.38 Å². The minimum absolute atomic E-state index is 0.222. The van der Waals surface area contributed by atoms with Crippen LogP contribution in [0, 0.1) is 18.8 Å². The van der Waals surface area contributed by atoms with E-state index in [9.17, 15) is 4.79 Å². The zero-order valence-electron chi connectivity index (χ0n) is 8.62. The first kappa shape index (κ1) is 10.2. The van der Waals surface area contributed by atoms with Gasteiger partial charge in [0.15, 0.2) is 5.01 Å². The summed E-state index contributed by atoms with van der Waals surface area (Å²) in [4.78, 5) is 17.3. The predicted octanol–water partition coefficient (Wildman–Crippen LogP) is 1.43. The Kier molecular flexibility index (Phi) is 3.02. The molecule has 2 rings (SSSR count). The maximum Gasteiger partial charge on any atom is 0.223 e. The van der Waals surface area contributed by atoms with Crippen LogP contribution in [0.25, 0.3) is 0 Å². The molecule has 0 unspecified atom stereocenters. The number of hydrogen-bond donors (Lipinski definition) is 0. The molecule has 2 heterocycles. The highest BCUT2D eigenvalue weighted by molar-refractivity contribution is 7.10. The molecule has 1 aromatic heterocycles. The van der Waals surface area contributed by atoms with Crippen molar-refractivity contribution in [2.24, 2.45) is 0 Å². The number of carbonyl (C=O) groups is 1. The molecule has 0 spiro atoms. The molecule has 1 amide bonds. The smallest absolute Gasteiger partial charge is 0.223 e. The van der Waals surface area contributed by atoms with E-state index in [-0.39, 0.29) is 5.91 Å². The summed E-state index contributed by atoms with van der Waals surface area (Å²) in [5, 5.41) is 2.81. The van der Waals surface area contributed by atoms with E-state index in [4.69, 9.17) is 0 Å². The summed E-state index contributed by atoms with van der Waals surface area (Å²) in [6, 6.07) is 0. The Morgan fingerprint density at radius 1 is 1.67 bits per heavy atom. The van der Waals surface area contributed by atoms with Crippen LogP contribution >= 0.6 is 11.3 Å². The van der Waals surface area contributed by atoms with Gasteiger partial charge in [-0.3, -0.25) is 4.79 Å². The van der Waals surface area contributed by atoms with E-state index in [1.54, 1.807) is 16.2 Å². The zero-order chi connectivity index (χ0) is 10.7. The number of thiazole rings is 1. The Morgan fingerprint density at radius 2 is 2.53 bits per heavy atom. The highest BCUT2D eigenvalue weighted by atomic mass is 32.1. The average molecular weight is 220 g/mol. The fraction of sp³-hybridized carbons (Fsp3) is 0.455. The number of carbonyl (C=O) groups excluding carboxylic acids is 1. The molecule has 0 atom stereocenters. The van der Waals surface area contributed by atoms with E-state index < -0.39 is 0 Å². The summed E-state index contributed by atoms with van der Waals surface area (Å²) in [5.41, 5.74) is 1.00. The summed E-state index contributed by atoms with van der Waals surface area (Å²) in [6.45, 7) is 3.34. The molecule has 4 heteroatoms. The Morgan fingerprint density at radius 3 is 3.13 bits per heavy atom. The van der Waals surface area contributed by atoms with Crippen LogP contribution in [0.2, 0.25) is 0 Å². The summed E-state index contributed by atoms with van der Waals surface area (Å²) in [6.07, 6.45) is 1.65. The van der Waals surface area contributed by atoms with Gasteiger partial charge in [0.05, 0.1) is 6.54 Å². The van der Waals surface area contributed by atoms with Gasteiger partial charge in [-0.05, 0) is 19.3 Å². The van der Waals surface area contributed by atoms with Crippen molar-refractivity contribution in [3.63, 3.8) is 0 Å². The van der Waals surface area contributed by atoms with Gasteiger partial charge in [0.1, 0.15) is 0 Å². The number of nitrogens with zero attached hydrogens (tertiary/aromatic N) is 2. The van der Waals surface area contributed by atoms with Gasteiger partial charge in [0.25, 0.3) is 0 Å². The van der Waals surface area contributed by atoms with Crippen molar-refractivity contribution in [3.8, 4) is 11.8 Å². The number of rotatable bonds is 1. The third-order valence-corrected chi connectivity index (χ3v) is 3.13. The number of hydrogen-bond acceptors (Lipinski definition) is 3. The normalized spacial score (nSPS) is 15.3. The second-order valence-electron chi connectivity index (χ2n) is 3.51. The maximum absolute atomic E-state index is 11.3. The standard InChI is InChI=1S/C11H12N2OS/c1-9-8-15-10(12-9)4-2-6-13-7-3-5-11(13)14/h8H,3,5-7H2,1H3. The first-order chi connectivity index (χ1) is 7.25. The van der Waals surface area contributed by atoms with E-state index in [2.05, 4.69) is 16.8 Å². The number of amides is 1. The molecule has 1 aliphatic rings. The van der Waals surface area contributed by atoms with Crippen molar-refractivity contribution in [1.82, 2.24) is 9.88 Å². The summed E-state index contributed by atoms with van der Waals surface area (Å²) in [5.74, 6) is 6.19. The van der Waals surface area contributed by atoms with Crippen LogP contribution in [0.5, 0.6) is 0 Å². The molecular formula is C11H12N2OS. The summed E-state index contributed by atoms with van der Waals surface area (Å²) < 4.78 is 0. The van der Waals surface area contributed by atoms with Crippen LogP contribution in [0.3, 0.4) is 0 Å². The monoisotopic (exact) mass is 220 g/mol. The van der Waals surface area contributed by atoms with Crippen molar-refractivity contribution >= 4 is 17.2 Å². The molecular weight excluding hydrogens is 208 g/mol. The van der Waals surface area contributed by atoms with Gasteiger partial charge in [-0.2, -0.15) is 0 Å². The molecule has 0 N–H and O–H groups in total. The second-order valence-corrected chi connectivity index (χ2v) is 4.37.